The first-order valence-corrected chi connectivity index (χ1v) is 3.16. The predicted octanol–water partition coefficient (Wildman–Crippen LogP) is 1.93. The van der Waals surface area contributed by atoms with Crippen molar-refractivity contribution < 1.29 is 9.90 Å². The summed E-state index contributed by atoms with van der Waals surface area (Å²) in [6.07, 6.45) is 13.1. The molecule has 0 saturated carbocycles. The molecule has 0 heterocycles. The Bertz CT molecular complexity index is 198. The van der Waals surface area contributed by atoms with Crippen molar-refractivity contribution in [3.05, 3.63) is 48.8 Å². The van der Waals surface area contributed by atoms with Crippen LogP contribution in [0.5, 0.6) is 0 Å². The van der Waals surface area contributed by atoms with Crippen molar-refractivity contribution in [3.8, 4) is 0 Å². The third-order valence-electron chi connectivity index (χ3n) is 0.831. The van der Waals surface area contributed by atoms with Crippen molar-refractivity contribution in [2.75, 3.05) is 0 Å². The highest BCUT2D eigenvalue weighted by Crippen LogP contribution is 1.79. The maximum absolute atomic E-state index is 9.76. The van der Waals surface area contributed by atoms with Gasteiger partial charge in [0, 0.05) is 0 Å². The van der Waals surface area contributed by atoms with Crippen LogP contribution in [0.2, 0.25) is 0 Å². The van der Waals surface area contributed by atoms with Gasteiger partial charge in [-0.3, -0.25) is 4.79 Å². The standard InChI is InChI=1S/C9H10O2/c10-8-6-4-2-1-3-5-7-9-11/h1-10H/b3-1?,4-2?,7-5?,8-6+. The van der Waals surface area contributed by atoms with Gasteiger partial charge in [-0.25, -0.2) is 0 Å². The van der Waals surface area contributed by atoms with Crippen molar-refractivity contribution >= 4 is 6.29 Å². The molecule has 0 bridgehead atoms. The first kappa shape index (κ1) is 9.43. The highest BCUT2D eigenvalue weighted by Gasteiger charge is 1.61. The van der Waals surface area contributed by atoms with Crippen LogP contribution in [0.3, 0.4) is 0 Å². The monoisotopic (exact) mass is 150 g/mol. The Kier molecular flexibility index (Phi) is 7.23. The van der Waals surface area contributed by atoms with E-state index in [1.54, 1.807) is 30.4 Å². The summed E-state index contributed by atoms with van der Waals surface area (Å²) < 4.78 is 0. The van der Waals surface area contributed by atoms with Crippen LogP contribution in [0.1, 0.15) is 0 Å². The summed E-state index contributed by atoms with van der Waals surface area (Å²) >= 11 is 0. The van der Waals surface area contributed by atoms with Crippen LogP contribution in [0, 0.1) is 0 Å². The summed E-state index contributed by atoms with van der Waals surface area (Å²) in [5.74, 6) is 0. The molecular formula is C9H10O2. The van der Waals surface area contributed by atoms with Crippen molar-refractivity contribution in [1.29, 1.82) is 0 Å². The summed E-state index contributed by atoms with van der Waals surface area (Å²) in [6.45, 7) is 0. The van der Waals surface area contributed by atoms with E-state index in [4.69, 9.17) is 5.11 Å². The minimum Gasteiger partial charge on any atom is -0.516 e. The predicted molar refractivity (Wildman–Crippen MR) is 45.3 cm³/mol. The molecule has 0 amide bonds. The molecule has 0 unspecified atom stereocenters. The van der Waals surface area contributed by atoms with Gasteiger partial charge in [-0.15, -0.1) is 0 Å². The summed E-state index contributed by atoms with van der Waals surface area (Å²) in [4.78, 5) is 9.76. The van der Waals surface area contributed by atoms with Crippen LogP contribution in [-0.2, 0) is 4.79 Å². The van der Waals surface area contributed by atoms with Gasteiger partial charge in [0.15, 0.2) is 0 Å². The molecule has 0 aliphatic rings. The molecule has 0 aromatic carbocycles. The van der Waals surface area contributed by atoms with Gasteiger partial charge in [0.25, 0.3) is 0 Å². The van der Waals surface area contributed by atoms with Gasteiger partial charge in [0.05, 0.1) is 6.26 Å². The molecule has 11 heavy (non-hydrogen) atoms. The number of carbonyl (C=O) groups excluding carboxylic acids is 1. The van der Waals surface area contributed by atoms with E-state index in [1.807, 2.05) is 0 Å². The lowest BCUT2D eigenvalue weighted by Gasteiger charge is -1.71. The van der Waals surface area contributed by atoms with Crippen LogP contribution in [-0.4, -0.2) is 11.4 Å². The summed E-state index contributed by atoms with van der Waals surface area (Å²) in [7, 11) is 0. The fourth-order valence-electron chi connectivity index (χ4n) is 0.416. The second-order valence-corrected chi connectivity index (χ2v) is 1.63. The van der Waals surface area contributed by atoms with Crippen molar-refractivity contribution in [2.45, 2.75) is 0 Å². The molecule has 2 nitrogen and oxygen atoms in total. The molecule has 1 N–H and O–H groups in total. The molecule has 0 fully saturated rings. The average molecular weight is 150 g/mol. The van der Waals surface area contributed by atoms with Gasteiger partial charge in [-0.1, -0.05) is 30.4 Å². The third kappa shape index (κ3) is 8.43. The van der Waals surface area contributed by atoms with E-state index in [9.17, 15) is 4.79 Å². The van der Waals surface area contributed by atoms with E-state index in [2.05, 4.69) is 0 Å². The largest absolute Gasteiger partial charge is 0.516 e. The lowest BCUT2D eigenvalue weighted by molar-refractivity contribution is -0.104. The SMILES string of the molecule is O=CC=CC=CC=C/C=C/O. The van der Waals surface area contributed by atoms with E-state index < -0.39 is 0 Å². The number of hydrogen-bond donors (Lipinski definition) is 1. The quantitative estimate of drug-likeness (QED) is 0.288. The highest BCUT2D eigenvalue weighted by atomic mass is 16.2. The number of aldehydes is 1. The lowest BCUT2D eigenvalue weighted by atomic mass is 10.4. The molecule has 0 aliphatic heterocycles. The Hall–Kier alpha value is -1.57. The first-order chi connectivity index (χ1) is 5.41. The number of carbonyl (C=O) groups is 1. The van der Waals surface area contributed by atoms with E-state index >= 15 is 0 Å². The Balaban J connectivity index is 3.59. The van der Waals surface area contributed by atoms with Crippen LogP contribution >= 0.6 is 0 Å². The molecular weight excluding hydrogens is 140 g/mol. The second kappa shape index (κ2) is 8.43. The Morgan fingerprint density at radius 3 is 1.64 bits per heavy atom. The van der Waals surface area contributed by atoms with Gasteiger partial charge < -0.3 is 5.11 Å². The molecule has 0 radical (unpaired) electrons. The van der Waals surface area contributed by atoms with Crippen LogP contribution < -0.4 is 0 Å². The molecule has 0 saturated heterocycles. The van der Waals surface area contributed by atoms with Crippen LogP contribution in [0.4, 0.5) is 0 Å². The van der Waals surface area contributed by atoms with E-state index in [-0.39, 0.29) is 0 Å². The minimum atomic E-state index is 0.710. The molecule has 0 aromatic rings. The van der Waals surface area contributed by atoms with E-state index in [0.717, 1.165) is 6.26 Å². The normalized spacial score (nSPS) is 12.7. The fourth-order valence-corrected chi connectivity index (χ4v) is 0.416. The minimum absolute atomic E-state index is 0.710. The Labute approximate surface area is 65.9 Å². The third-order valence-corrected chi connectivity index (χ3v) is 0.831. The van der Waals surface area contributed by atoms with Gasteiger partial charge in [-0.05, 0) is 12.2 Å². The zero-order valence-electron chi connectivity index (χ0n) is 6.05. The number of aliphatic hydroxyl groups is 1. The zero-order chi connectivity index (χ0) is 8.36. The number of rotatable bonds is 4. The van der Waals surface area contributed by atoms with Gasteiger partial charge >= 0.3 is 0 Å². The Morgan fingerprint density at radius 2 is 1.18 bits per heavy atom. The zero-order valence-corrected chi connectivity index (χ0v) is 6.05. The fraction of sp³-hybridized carbons (Fsp3) is 0. The maximum Gasteiger partial charge on any atom is 0.142 e. The molecule has 0 aromatic heterocycles. The highest BCUT2D eigenvalue weighted by molar-refractivity contribution is 5.65. The molecule has 2 heteroatoms. The van der Waals surface area contributed by atoms with Gasteiger partial charge in [-0.2, -0.15) is 0 Å². The Morgan fingerprint density at radius 1 is 0.727 bits per heavy atom. The van der Waals surface area contributed by atoms with Crippen LogP contribution in [0.25, 0.3) is 0 Å². The van der Waals surface area contributed by atoms with E-state index in [1.165, 1.54) is 12.2 Å². The smallest absolute Gasteiger partial charge is 0.142 e. The molecule has 0 aliphatic carbocycles. The summed E-state index contributed by atoms with van der Waals surface area (Å²) in [5, 5.41) is 8.19. The topological polar surface area (TPSA) is 37.3 Å². The number of aliphatic hydroxyl groups excluding tert-OH is 1. The number of hydrogen-bond acceptors (Lipinski definition) is 2. The lowest BCUT2D eigenvalue weighted by Crippen LogP contribution is -1.55. The van der Waals surface area contributed by atoms with Crippen LogP contribution in [0.15, 0.2) is 48.8 Å². The first-order valence-electron chi connectivity index (χ1n) is 3.16. The summed E-state index contributed by atoms with van der Waals surface area (Å²) in [6, 6.07) is 0. The maximum atomic E-state index is 9.76. The van der Waals surface area contributed by atoms with E-state index in [0.29, 0.717) is 6.29 Å². The van der Waals surface area contributed by atoms with Crippen molar-refractivity contribution in [2.24, 2.45) is 0 Å². The van der Waals surface area contributed by atoms with Crippen molar-refractivity contribution in [1.82, 2.24) is 0 Å². The number of allylic oxidation sites excluding steroid dienone is 7. The van der Waals surface area contributed by atoms with Gasteiger partial charge in [0.1, 0.15) is 6.29 Å². The summed E-state index contributed by atoms with van der Waals surface area (Å²) in [5.41, 5.74) is 0. The van der Waals surface area contributed by atoms with Gasteiger partial charge in [0.2, 0.25) is 0 Å². The molecule has 0 spiro atoms. The molecule has 58 valence electrons. The molecule has 0 rings (SSSR count). The average Bonchev–Trinajstić information content (AvgIpc) is 2.03. The molecule has 0 atom stereocenters. The second-order valence-electron chi connectivity index (χ2n) is 1.63. The van der Waals surface area contributed by atoms with Crippen molar-refractivity contribution in [3.63, 3.8) is 0 Å².